The lowest BCUT2D eigenvalue weighted by atomic mass is 10.2. The minimum absolute atomic E-state index is 0.105. The lowest BCUT2D eigenvalue weighted by molar-refractivity contribution is -0.123. The van der Waals surface area contributed by atoms with E-state index in [2.05, 4.69) is 5.32 Å². The summed E-state index contributed by atoms with van der Waals surface area (Å²) in [6, 6.07) is -0.291. The third kappa shape index (κ3) is 11.3. The largest absolute Gasteiger partial charge is 0.483 e. The van der Waals surface area contributed by atoms with Crippen molar-refractivity contribution < 1.29 is 14.7 Å². The van der Waals surface area contributed by atoms with E-state index in [0.717, 1.165) is 5.75 Å². The maximum atomic E-state index is 11.3. The van der Waals surface area contributed by atoms with Crippen LogP contribution in [-0.4, -0.2) is 48.1 Å². The zero-order chi connectivity index (χ0) is 13.0. The van der Waals surface area contributed by atoms with Crippen LogP contribution in [-0.2, 0) is 9.59 Å². The molecule has 0 aromatic carbocycles. The molecule has 6 N–H and O–H groups in total. The minimum Gasteiger partial charge on any atom is -0.483 e. The first-order valence-corrected chi connectivity index (χ1v) is 6.25. The van der Waals surface area contributed by atoms with Gasteiger partial charge in [0.2, 0.25) is 5.91 Å². The van der Waals surface area contributed by atoms with Crippen LogP contribution < -0.4 is 16.8 Å². The highest BCUT2D eigenvalue weighted by atomic mass is 32.2. The van der Waals surface area contributed by atoms with Crippen molar-refractivity contribution in [2.24, 2.45) is 11.5 Å². The molecule has 0 aromatic heterocycles. The van der Waals surface area contributed by atoms with E-state index in [1.807, 2.05) is 13.2 Å². The van der Waals surface area contributed by atoms with Gasteiger partial charge in [-0.05, 0) is 26.1 Å². The Kier molecular flexibility index (Phi) is 13.5. The van der Waals surface area contributed by atoms with Gasteiger partial charge in [0.1, 0.15) is 0 Å². The summed E-state index contributed by atoms with van der Waals surface area (Å²) < 4.78 is 0. The first kappa shape index (κ1) is 17.6. The van der Waals surface area contributed by atoms with Gasteiger partial charge in [-0.3, -0.25) is 9.59 Å². The van der Waals surface area contributed by atoms with E-state index in [-0.39, 0.29) is 18.4 Å². The predicted molar refractivity (Wildman–Crippen MR) is 66.3 cm³/mol. The van der Waals surface area contributed by atoms with Crippen LogP contribution in [0.5, 0.6) is 0 Å². The molecular formula is C9H21N3O3S. The number of carbonyl (C=O) groups is 2. The summed E-state index contributed by atoms with van der Waals surface area (Å²) in [5, 5.41) is 9.71. The molecule has 6 nitrogen and oxygen atoms in total. The Morgan fingerprint density at radius 2 is 2.12 bits per heavy atom. The lowest BCUT2D eigenvalue weighted by Gasteiger charge is -2.16. The first-order chi connectivity index (χ1) is 7.53. The van der Waals surface area contributed by atoms with Crippen molar-refractivity contribution in [3.63, 3.8) is 0 Å². The molecule has 1 amide bonds. The van der Waals surface area contributed by atoms with Gasteiger partial charge < -0.3 is 21.9 Å². The van der Waals surface area contributed by atoms with Crippen LogP contribution in [0.2, 0.25) is 0 Å². The number of nitrogens with two attached hydrogens (primary N) is 2. The molecule has 0 aliphatic carbocycles. The Labute approximate surface area is 100 Å². The quantitative estimate of drug-likeness (QED) is 0.460. The molecule has 7 heteroatoms. The average Bonchev–Trinajstić information content (AvgIpc) is 2.19. The molecule has 96 valence electrons. The minimum atomic E-state index is -0.464. The zero-order valence-electron chi connectivity index (χ0n) is 9.68. The highest BCUT2D eigenvalue weighted by molar-refractivity contribution is 7.98. The fraction of sp³-hybridized carbons (Fsp3) is 0.778. The summed E-state index contributed by atoms with van der Waals surface area (Å²) >= 11 is 1.70. The zero-order valence-corrected chi connectivity index (χ0v) is 10.5. The first-order valence-electron chi connectivity index (χ1n) is 4.86. The van der Waals surface area contributed by atoms with Gasteiger partial charge in [0.05, 0.1) is 6.04 Å². The molecule has 0 fully saturated rings. The standard InChI is InChI=1S/C8H19N3OS.CH2O2/c1-6(5-13-2)11-8(12)7(10)3-4-9;2-1-3/h6-7H,3-5,9-10H2,1-2H3,(H,11,12);1H,(H,2,3). The second kappa shape index (κ2) is 12.3. The lowest BCUT2D eigenvalue weighted by Crippen LogP contribution is -2.46. The van der Waals surface area contributed by atoms with Crippen LogP contribution in [0.3, 0.4) is 0 Å². The molecule has 0 bridgehead atoms. The molecule has 0 rings (SSSR count). The highest BCUT2D eigenvalue weighted by Gasteiger charge is 2.13. The van der Waals surface area contributed by atoms with Crippen molar-refractivity contribution in [3.8, 4) is 0 Å². The van der Waals surface area contributed by atoms with E-state index in [1.54, 1.807) is 11.8 Å². The van der Waals surface area contributed by atoms with Gasteiger partial charge in [0, 0.05) is 11.8 Å². The maximum absolute atomic E-state index is 11.3. The van der Waals surface area contributed by atoms with E-state index in [9.17, 15) is 4.79 Å². The van der Waals surface area contributed by atoms with E-state index < -0.39 is 6.04 Å². The van der Waals surface area contributed by atoms with Crippen molar-refractivity contribution in [3.05, 3.63) is 0 Å². The summed E-state index contributed by atoms with van der Waals surface area (Å²) in [4.78, 5) is 19.7. The summed E-state index contributed by atoms with van der Waals surface area (Å²) in [5.41, 5.74) is 10.9. The predicted octanol–water partition coefficient (Wildman–Crippen LogP) is -0.769. The van der Waals surface area contributed by atoms with Crippen LogP contribution in [0, 0.1) is 0 Å². The Bertz CT molecular complexity index is 193. The Morgan fingerprint density at radius 1 is 1.62 bits per heavy atom. The topological polar surface area (TPSA) is 118 Å². The molecule has 0 aliphatic rings. The van der Waals surface area contributed by atoms with Crippen LogP contribution in [0.1, 0.15) is 13.3 Å². The third-order valence-corrected chi connectivity index (χ3v) is 2.45. The van der Waals surface area contributed by atoms with Gasteiger partial charge in [-0.2, -0.15) is 11.8 Å². The Hall–Kier alpha value is -0.790. The molecule has 0 radical (unpaired) electrons. The number of thioether (sulfide) groups is 1. The molecule has 2 unspecified atom stereocenters. The summed E-state index contributed by atoms with van der Waals surface area (Å²) in [6.07, 6.45) is 2.54. The van der Waals surface area contributed by atoms with Gasteiger partial charge in [0.15, 0.2) is 0 Å². The SMILES string of the molecule is CSCC(C)NC(=O)C(N)CCN.O=CO. The molecule has 0 spiro atoms. The van der Waals surface area contributed by atoms with Crippen LogP contribution in [0.25, 0.3) is 0 Å². The fourth-order valence-electron chi connectivity index (χ4n) is 0.952. The van der Waals surface area contributed by atoms with Crippen LogP contribution >= 0.6 is 11.8 Å². The second-order valence-corrected chi connectivity index (χ2v) is 4.06. The molecule has 0 saturated carbocycles. The molecule has 0 saturated heterocycles. The number of carboxylic acid groups (broad SMARTS) is 1. The number of amides is 1. The second-order valence-electron chi connectivity index (χ2n) is 3.15. The molecule has 0 heterocycles. The normalized spacial score (nSPS) is 13.0. The molecule has 2 atom stereocenters. The molecular weight excluding hydrogens is 230 g/mol. The fourth-order valence-corrected chi connectivity index (χ4v) is 1.54. The Balaban J connectivity index is 0. The number of rotatable bonds is 6. The van der Waals surface area contributed by atoms with Crippen LogP contribution in [0.4, 0.5) is 0 Å². The number of hydrogen-bond acceptors (Lipinski definition) is 5. The summed E-state index contributed by atoms with van der Waals surface area (Å²) in [7, 11) is 0. The van der Waals surface area contributed by atoms with Gasteiger partial charge in [0.25, 0.3) is 6.47 Å². The molecule has 0 aromatic rings. The number of carbonyl (C=O) groups excluding carboxylic acids is 1. The van der Waals surface area contributed by atoms with Gasteiger partial charge in [-0.1, -0.05) is 0 Å². The van der Waals surface area contributed by atoms with Crippen molar-refractivity contribution in [1.82, 2.24) is 5.32 Å². The average molecular weight is 251 g/mol. The number of nitrogens with one attached hydrogen (secondary N) is 1. The smallest absolute Gasteiger partial charge is 0.290 e. The summed E-state index contributed by atoms with van der Waals surface area (Å²) in [6.45, 7) is 2.16. The highest BCUT2D eigenvalue weighted by Crippen LogP contribution is 1.96. The maximum Gasteiger partial charge on any atom is 0.290 e. The van der Waals surface area contributed by atoms with Crippen LogP contribution in [0.15, 0.2) is 0 Å². The van der Waals surface area contributed by atoms with Crippen molar-refractivity contribution in [2.75, 3.05) is 18.6 Å². The van der Waals surface area contributed by atoms with Crippen molar-refractivity contribution >= 4 is 24.1 Å². The van der Waals surface area contributed by atoms with Crippen molar-refractivity contribution in [2.45, 2.75) is 25.4 Å². The third-order valence-electron chi connectivity index (χ3n) is 1.62. The summed E-state index contributed by atoms with van der Waals surface area (Å²) in [5.74, 6) is 0.799. The van der Waals surface area contributed by atoms with Gasteiger partial charge in [-0.15, -0.1) is 0 Å². The molecule has 0 aliphatic heterocycles. The van der Waals surface area contributed by atoms with E-state index in [1.165, 1.54) is 0 Å². The monoisotopic (exact) mass is 251 g/mol. The van der Waals surface area contributed by atoms with Gasteiger partial charge in [-0.25, -0.2) is 0 Å². The van der Waals surface area contributed by atoms with E-state index in [4.69, 9.17) is 21.4 Å². The van der Waals surface area contributed by atoms with E-state index >= 15 is 0 Å². The van der Waals surface area contributed by atoms with E-state index in [0.29, 0.717) is 13.0 Å². The van der Waals surface area contributed by atoms with Gasteiger partial charge >= 0.3 is 0 Å². The Morgan fingerprint density at radius 3 is 2.50 bits per heavy atom. The van der Waals surface area contributed by atoms with Crippen molar-refractivity contribution in [1.29, 1.82) is 0 Å². The number of hydrogen-bond donors (Lipinski definition) is 4. The molecule has 16 heavy (non-hydrogen) atoms.